The van der Waals surface area contributed by atoms with Gasteiger partial charge < -0.3 is 19.9 Å². The van der Waals surface area contributed by atoms with Gasteiger partial charge in [-0.15, -0.1) is 11.8 Å². The van der Waals surface area contributed by atoms with Gasteiger partial charge in [-0.2, -0.15) is 5.26 Å². The van der Waals surface area contributed by atoms with E-state index in [0.29, 0.717) is 23.8 Å². The molecule has 0 saturated carbocycles. The van der Waals surface area contributed by atoms with Crippen molar-refractivity contribution in [1.29, 1.82) is 5.26 Å². The third-order valence-electron chi connectivity index (χ3n) is 5.94. The minimum absolute atomic E-state index is 0. The molecule has 9 heteroatoms. The van der Waals surface area contributed by atoms with Crippen molar-refractivity contribution in [2.75, 3.05) is 36.2 Å². The van der Waals surface area contributed by atoms with E-state index in [1.54, 1.807) is 12.3 Å². The van der Waals surface area contributed by atoms with Crippen LogP contribution in [-0.2, 0) is 9.53 Å². The maximum absolute atomic E-state index is 12.9. The highest BCUT2D eigenvalue weighted by Gasteiger charge is 2.29. The van der Waals surface area contributed by atoms with Gasteiger partial charge in [-0.25, -0.2) is 0 Å². The first-order valence-corrected chi connectivity index (χ1v) is 11.5. The Morgan fingerprint density at radius 2 is 2.23 bits per heavy atom. The van der Waals surface area contributed by atoms with E-state index in [4.69, 9.17) is 10.00 Å². The zero-order chi connectivity index (χ0) is 22.0. The highest BCUT2D eigenvalue weighted by atomic mass is 32.2. The van der Waals surface area contributed by atoms with Gasteiger partial charge in [0.1, 0.15) is 6.04 Å². The molecule has 8 nitrogen and oxygen atoms in total. The van der Waals surface area contributed by atoms with E-state index in [0.717, 1.165) is 23.1 Å². The highest BCUT2D eigenvalue weighted by Crippen LogP contribution is 2.28. The Kier molecular flexibility index (Phi) is 6.30. The van der Waals surface area contributed by atoms with Crippen molar-refractivity contribution in [1.82, 2.24) is 15.2 Å². The Balaban J connectivity index is 0.00000289. The summed E-state index contributed by atoms with van der Waals surface area (Å²) < 4.78 is 5.73. The number of aromatic nitrogens is 1. The highest BCUT2D eigenvalue weighted by molar-refractivity contribution is 7.99. The maximum Gasteiger partial charge on any atom is 0.252 e. The second-order valence-corrected chi connectivity index (χ2v) is 8.76. The second kappa shape index (κ2) is 9.12. The number of hydrogen-bond acceptors (Lipinski definition) is 7. The number of hydrogen-bond donors (Lipinski definition) is 1. The Labute approximate surface area is 187 Å². The van der Waals surface area contributed by atoms with Crippen LogP contribution in [0.3, 0.4) is 0 Å². The number of carbonyl (C=O) groups is 2. The molecule has 4 rings (SSSR count). The fraction of sp³-hybridized carbons (Fsp3) is 0.455. The van der Waals surface area contributed by atoms with E-state index >= 15 is 0 Å². The molecule has 3 atom stereocenters. The van der Waals surface area contributed by atoms with Gasteiger partial charge in [-0.1, -0.05) is 0 Å². The van der Waals surface area contributed by atoms with Crippen molar-refractivity contribution in [2.45, 2.75) is 32.0 Å². The quantitative estimate of drug-likeness (QED) is 0.777. The third-order valence-corrected chi connectivity index (χ3v) is 6.95. The standard InChI is InChI=1S/C22H25N5O3S.H2/c1-14-15(2)30-8-7-26(14)16-3-4-20-19(9-16)18(5-6-24-20)22(29)25-11-21(28)27-13-31-12-17(27)10-23;/h3-6,9,14-15,17H,7-8,11-13H2,1-2H3,(H,25,29);1H/t14-,15-,17-;/m1./s1. The largest absolute Gasteiger partial charge is 0.375 e. The number of morpholine rings is 1. The molecule has 2 saturated heterocycles. The second-order valence-electron chi connectivity index (χ2n) is 7.76. The van der Waals surface area contributed by atoms with Crippen LogP contribution in [0.2, 0.25) is 0 Å². The summed E-state index contributed by atoms with van der Waals surface area (Å²) in [6.07, 6.45) is 1.72. The van der Waals surface area contributed by atoms with Crippen molar-refractivity contribution in [2.24, 2.45) is 0 Å². The first-order valence-electron chi connectivity index (χ1n) is 10.3. The van der Waals surface area contributed by atoms with Crippen molar-refractivity contribution < 1.29 is 15.8 Å². The van der Waals surface area contributed by atoms with Gasteiger partial charge in [0.05, 0.1) is 48.3 Å². The molecule has 2 aliphatic heterocycles. The van der Waals surface area contributed by atoms with Crippen LogP contribution in [0.4, 0.5) is 5.69 Å². The minimum atomic E-state index is -0.434. The van der Waals surface area contributed by atoms with Crippen molar-refractivity contribution in [3.63, 3.8) is 0 Å². The molecule has 31 heavy (non-hydrogen) atoms. The molecule has 164 valence electrons. The van der Waals surface area contributed by atoms with E-state index in [2.05, 4.69) is 35.1 Å². The number of amides is 2. The third kappa shape index (κ3) is 4.31. The molecule has 0 unspecified atom stereocenters. The molecule has 2 aromatic rings. The van der Waals surface area contributed by atoms with Crippen LogP contribution >= 0.6 is 11.8 Å². The summed E-state index contributed by atoms with van der Waals surface area (Å²) in [7, 11) is 0. The fourth-order valence-corrected chi connectivity index (χ4v) is 5.06. The smallest absolute Gasteiger partial charge is 0.252 e. The molecule has 0 aliphatic carbocycles. The molecule has 0 spiro atoms. The van der Waals surface area contributed by atoms with E-state index in [-0.39, 0.29) is 31.9 Å². The summed E-state index contributed by atoms with van der Waals surface area (Å²) in [5, 5.41) is 12.6. The average molecular weight is 442 g/mol. The van der Waals surface area contributed by atoms with Crippen LogP contribution in [0, 0.1) is 11.3 Å². The monoisotopic (exact) mass is 441 g/mol. The number of thioether (sulfide) groups is 1. The number of benzene rings is 1. The number of anilines is 1. The van der Waals surface area contributed by atoms with Crippen molar-refractivity contribution in [3.8, 4) is 6.07 Å². The molecular formula is C22H27N5O3S. The number of ether oxygens (including phenoxy) is 1. The van der Waals surface area contributed by atoms with Crippen LogP contribution < -0.4 is 10.2 Å². The number of pyridine rings is 1. The Morgan fingerprint density at radius 1 is 1.39 bits per heavy atom. The van der Waals surface area contributed by atoms with E-state index in [1.807, 2.05) is 18.2 Å². The van der Waals surface area contributed by atoms with Crippen molar-refractivity contribution >= 4 is 40.2 Å². The lowest BCUT2D eigenvalue weighted by Gasteiger charge is -2.39. The number of carbonyl (C=O) groups excluding carboxylic acids is 2. The van der Waals surface area contributed by atoms with Gasteiger partial charge in [0.2, 0.25) is 5.91 Å². The average Bonchev–Trinajstić information content (AvgIpc) is 3.27. The van der Waals surface area contributed by atoms with Gasteiger partial charge in [0.15, 0.2) is 0 Å². The molecule has 3 heterocycles. The number of nitrogens with one attached hydrogen (secondary N) is 1. The van der Waals surface area contributed by atoms with Gasteiger partial charge in [0.25, 0.3) is 5.91 Å². The fourth-order valence-electron chi connectivity index (χ4n) is 3.96. The zero-order valence-electron chi connectivity index (χ0n) is 17.6. The van der Waals surface area contributed by atoms with E-state index in [9.17, 15) is 9.59 Å². The molecule has 2 amide bonds. The molecule has 1 N–H and O–H groups in total. The first-order chi connectivity index (χ1) is 15.0. The number of fused-ring (bicyclic) bond motifs is 1. The van der Waals surface area contributed by atoms with Gasteiger partial charge in [-0.3, -0.25) is 14.6 Å². The Hall–Kier alpha value is -2.83. The molecular weight excluding hydrogens is 414 g/mol. The Morgan fingerprint density at radius 3 is 3.03 bits per heavy atom. The maximum atomic E-state index is 12.9. The SMILES string of the molecule is C[C@@H]1[C@@H](C)OCCN1c1ccc2nccc(C(=O)NCC(=O)N3CSC[C@H]3C#N)c2c1.[HH]. The molecule has 1 aromatic carbocycles. The summed E-state index contributed by atoms with van der Waals surface area (Å²) >= 11 is 1.54. The lowest BCUT2D eigenvalue weighted by atomic mass is 10.0. The van der Waals surface area contributed by atoms with Crippen LogP contribution in [-0.4, -0.2) is 71.2 Å². The Bertz CT molecular complexity index is 1050. The predicted octanol–water partition coefficient (Wildman–Crippen LogP) is 2.25. The summed E-state index contributed by atoms with van der Waals surface area (Å²) in [5.74, 6) is 0.499. The van der Waals surface area contributed by atoms with Gasteiger partial charge in [0, 0.05) is 31.0 Å². The summed E-state index contributed by atoms with van der Waals surface area (Å²) in [6, 6.07) is 9.49. The molecule has 0 radical (unpaired) electrons. The lowest BCUT2D eigenvalue weighted by Crippen LogP contribution is -2.48. The van der Waals surface area contributed by atoms with E-state index in [1.165, 1.54) is 16.7 Å². The van der Waals surface area contributed by atoms with Gasteiger partial charge in [-0.05, 0) is 38.1 Å². The molecule has 2 fully saturated rings. The van der Waals surface area contributed by atoms with Crippen LogP contribution in [0.1, 0.15) is 25.6 Å². The van der Waals surface area contributed by atoms with Crippen LogP contribution in [0.25, 0.3) is 10.9 Å². The molecule has 1 aromatic heterocycles. The number of rotatable bonds is 4. The molecule has 2 aliphatic rings. The number of nitriles is 1. The predicted molar refractivity (Wildman–Crippen MR) is 122 cm³/mol. The van der Waals surface area contributed by atoms with Crippen molar-refractivity contribution in [3.05, 3.63) is 36.0 Å². The lowest BCUT2D eigenvalue weighted by molar-refractivity contribution is -0.129. The zero-order valence-corrected chi connectivity index (χ0v) is 18.4. The van der Waals surface area contributed by atoms with E-state index < -0.39 is 6.04 Å². The first kappa shape index (κ1) is 21.4. The van der Waals surface area contributed by atoms with Gasteiger partial charge >= 0.3 is 0 Å². The summed E-state index contributed by atoms with van der Waals surface area (Å²) in [4.78, 5) is 33.5. The summed E-state index contributed by atoms with van der Waals surface area (Å²) in [5.41, 5.74) is 2.21. The summed E-state index contributed by atoms with van der Waals surface area (Å²) in [6.45, 7) is 5.48. The van der Waals surface area contributed by atoms with Crippen LogP contribution in [0.5, 0.6) is 0 Å². The number of nitrogens with zero attached hydrogens (tertiary/aromatic N) is 4. The topological polar surface area (TPSA) is 98.6 Å². The normalized spacial score (nSPS) is 23.6. The molecule has 0 bridgehead atoms. The minimum Gasteiger partial charge on any atom is -0.375 e. The van der Waals surface area contributed by atoms with Crippen LogP contribution in [0.15, 0.2) is 30.5 Å².